The predicted molar refractivity (Wildman–Crippen MR) is 70.9 cm³/mol. The molecule has 0 bridgehead atoms. The molecule has 5 heteroatoms. The van der Waals surface area contributed by atoms with E-state index >= 15 is 0 Å². The molecule has 4 nitrogen and oxygen atoms in total. The number of hydrogen-bond acceptors (Lipinski definition) is 2. The Hall–Kier alpha value is -1.30. The van der Waals surface area contributed by atoms with Gasteiger partial charge in [0.25, 0.3) is 0 Å². The first kappa shape index (κ1) is 13.8. The third kappa shape index (κ3) is 4.60. The fourth-order valence-electron chi connectivity index (χ4n) is 1.47. The van der Waals surface area contributed by atoms with Gasteiger partial charge in [-0.05, 0) is 0 Å². The van der Waals surface area contributed by atoms with Gasteiger partial charge in [-0.25, -0.2) is 0 Å². The van der Waals surface area contributed by atoms with Gasteiger partial charge >= 0.3 is 109 Å². The van der Waals surface area contributed by atoms with Crippen LogP contribution in [-0.4, -0.2) is 40.5 Å². The van der Waals surface area contributed by atoms with Gasteiger partial charge in [0.1, 0.15) is 0 Å². The molecule has 0 saturated carbocycles. The molecule has 0 radical (unpaired) electrons. The van der Waals surface area contributed by atoms with E-state index < -0.39 is 5.97 Å². The van der Waals surface area contributed by atoms with E-state index in [4.69, 9.17) is 5.11 Å². The quantitative estimate of drug-likeness (QED) is 0.772. The van der Waals surface area contributed by atoms with Crippen LogP contribution in [0.3, 0.4) is 0 Å². The van der Waals surface area contributed by atoms with Crippen LogP contribution in [0.15, 0.2) is 24.3 Å². The number of hydrogen-bond donors (Lipinski definition) is 1. The first-order chi connectivity index (χ1) is 8.00. The molecular weight excluding hydrogens is 279 g/mol. The maximum atomic E-state index is 11.8. The zero-order chi connectivity index (χ0) is 12.8. The molecule has 92 valence electrons. The molecule has 0 heterocycles. The Labute approximate surface area is 109 Å². The number of carbonyl (C=O) groups excluding carboxylic acids is 1. The Kier molecular flexibility index (Phi) is 5.22. The van der Waals surface area contributed by atoms with Crippen molar-refractivity contribution in [1.29, 1.82) is 0 Å². The number of nitrogens with zero attached hydrogens (tertiary/aromatic N) is 1. The molecule has 0 saturated heterocycles. The van der Waals surface area contributed by atoms with Crippen LogP contribution in [-0.2, 0) is 9.59 Å². The van der Waals surface area contributed by atoms with Gasteiger partial charge < -0.3 is 0 Å². The summed E-state index contributed by atoms with van der Waals surface area (Å²) >= 11 is 0.648. The molecule has 1 aromatic carbocycles. The summed E-state index contributed by atoms with van der Waals surface area (Å²) in [5, 5.41) is 8.49. The molecule has 0 atom stereocenters. The van der Waals surface area contributed by atoms with Gasteiger partial charge in [0.2, 0.25) is 0 Å². The summed E-state index contributed by atoms with van der Waals surface area (Å²) in [6.07, 6.45) is 0.704. The van der Waals surface area contributed by atoms with Crippen LogP contribution < -0.4 is 9.30 Å². The molecule has 0 aliphatic rings. The van der Waals surface area contributed by atoms with Gasteiger partial charge in [0.15, 0.2) is 0 Å². The van der Waals surface area contributed by atoms with Crippen LogP contribution in [0.5, 0.6) is 0 Å². The molecule has 0 aliphatic carbocycles. The van der Waals surface area contributed by atoms with Crippen LogP contribution in [0.25, 0.3) is 0 Å². The number of carbonyl (C=O) groups is 2. The Balaban J connectivity index is 2.51. The van der Waals surface area contributed by atoms with Crippen LogP contribution >= 0.6 is 0 Å². The minimum absolute atomic E-state index is 0.0427. The van der Waals surface area contributed by atoms with Gasteiger partial charge in [-0.2, -0.15) is 0 Å². The number of carboxylic acids is 1. The summed E-state index contributed by atoms with van der Waals surface area (Å²) in [5.74, 6) is -0.904. The maximum absolute atomic E-state index is 11.8. The van der Waals surface area contributed by atoms with Crippen LogP contribution in [0.4, 0.5) is 5.69 Å². The molecule has 0 fully saturated rings. The first-order valence-corrected chi connectivity index (χ1v) is 7.65. The molecule has 0 unspecified atom stereocenters. The van der Waals surface area contributed by atoms with Crippen molar-refractivity contribution in [2.45, 2.75) is 19.3 Å². The topological polar surface area (TPSA) is 57.6 Å². The number of aliphatic carboxylic acids is 1. The van der Waals surface area contributed by atoms with Crippen molar-refractivity contribution in [1.82, 2.24) is 0 Å². The molecule has 1 N–H and O–H groups in total. The average molecular weight is 296 g/mol. The van der Waals surface area contributed by atoms with Gasteiger partial charge in [-0.15, -0.1) is 0 Å². The average Bonchev–Trinajstić information content (AvgIpc) is 2.28. The predicted octanol–water partition coefficient (Wildman–Crippen LogP) is -0.105. The zero-order valence-corrected chi connectivity index (χ0v) is 14.3. The van der Waals surface area contributed by atoms with Crippen LogP contribution in [0.1, 0.15) is 19.3 Å². The van der Waals surface area contributed by atoms with E-state index in [1.54, 1.807) is 11.9 Å². The Morgan fingerprint density at radius 3 is 2.35 bits per heavy atom. The van der Waals surface area contributed by atoms with Crippen molar-refractivity contribution >= 4 is 38.5 Å². The number of carboxylic acid groups (broad SMARTS) is 1. The molecular formula is C12H17GeNO3. The van der Waals surface area contributed by atoms with Crippen molar-refractivity contribution < 1.29 is 14.7 Å². The number of amides is 1. The monoisotopic (exact) mass is 297 g/mol. The van der Waals surface area contributed by atoms with Crippen LogP contribution in [0, 0.1) is 0 Å². The van der Waals surface area contributed by atoms with E-state index in [-0.39, 0.29) is 18.7 Å². The summed E-state index contributed by atoms with van der Waals surface area (Å²) in [5.41, 5.74) is 0.860. The zero-order valence-electron chi connectivity index (χ0n) is 10.1. The van der Waals surface area contributed by atoms with Gasteiger partial charge in [0, 0.05) is 0 Å². The summed E-state index contributed by atoms with van der Waals surface area (Å²) in [6.45, 7) is 0. The molecule has 0 aromatic heterocycles. The first-order valence-electron chi connectivity index (χ1n) is 5.55. The van der Waals surface area contributed by atoms with E-state index in [1.807, 2.05) is 24.3 Å². The standard InChI is InChI=1S/C12H17GeNO3/c1-14(10-7-5-9(13)6-8-10)11(15)3-2-4-12(16)17/h5-8H,2-4H2,1,13H3,(H,16,17). The van der Waals surface area contributed by atoms with E-state index in [2.05, 4.69) is 0 Å². The Bertz CT molecular complexity index is 403. The second-order valence-corrected chi connectivity index (χ2v) is 6.46. The van der Waals surface area contributed by atoms with Crippen molar-refractivity contribution in [3.63, 3.8) is 0 Å². The van der Waals surface area contributed by atoms with Crippen molar-refractivity contribution in [2.24, 2.45) is 0 Å². The summed E-state index contributed by atoms with van der Waals surface area (Å²) in [4.78, 5) is 23.7. The van der Waals surface area contributed by atoms with Crippen molar-refractivity contribution in [2.75, 3.05) is 11.9 Å². The van der Waals surface area contributed by atoms with E-state index in [9.17, 15) is 9.59 Å². The van der Waals surface area contributed by atoms with Gasteiger partial charge in [-0.1, -0.05) is 0 Å². The van der Waals surface area contributed by atoms with Crippen molar-refractivity contribution in [3.05, 3.63) is 24.3 Å². The SMILES string of the molecule is CN(C(=O)CCCC(=O)O)c1cc[c]([GeH3])cc1. The van der Waals surface area contributed by atoms with E-state index in [0.29, 0.717) is 22.9 Å². The second-order valence-electron chi connectivity index (χ2n) is 4.04. The fourth-order valence-corrected chi connectivity index (χ4v) is 2.17. The van der Waals surface area contributed by atoms with Crippen molar-refractivity contribution in [3.8, 4) is 0 Å². The third-order valence-corrected chi connectivity index (χ3v) is 3.98. The number of anilines is 1. The Morgan fingerprint density at radius 2 is 1.82 bits per heavy atom. The summed E-state index contributed by atoms with van der Waals surface area (Å²) in [7, 11) is 1.72. The number of benzene rings is 1. The fraction of sp³-hybridized carbons (Fsp3) is 0.333. The molecule has 0 spiro atoms. The van der Waals surface area contributed by atoms with Gasteiger partial charge in [0.05, 0.1) is 0 Å². The second kappa shape index (κ2) is 6.44. The minimum atomic E-state index is -0.859. The summed E-state index contributed by atoms with van der Waals surface area (Å²) in [6, 6.07) is 7.90. The molecule has 17 heavy (non-hydrogen) atoms. The molecule has 1 rings (SSSR count). The third-order valence-electron chi connectivity index (χ3n) is 2.58. The van der Waals surface area contributed by atoms with Gasteiger partial charge in [-0.3, -0.25) is 0 Å². The molecule has 1 aromatic rings. The van der Waals surface area contributed by atoms with E-state index in [1.165, 1.54) is 4.40 Å². The number of rotatable bonds is 5. The normalized spacial score (nSPS) is 10.2. The summed E-state index contributed by atoms with van der Waals surface area (Å²) < 4.78 is 1.33. The molecule has 0 aliphatic heterocycles. The Morgan fingerprint density at radius 1 is 1.24 bits per heavy atom. The van der Waals surface area contributed by atoms with E-state index in [0.717, 1.165) is 5.69 Å². The molecule has 1 amide bonds. The van der Waals surface area contributed by atoms with Crippen LogP contribution in [0.2, 0.25) is 0 Å².